The molecule has 0 aliphatic carbocycles. The molecule has 2 nitrogen and oxygen atoms in total. The highest BCUT2D eigenvalue weighted by molar-refractivity contribution is 7.85. The smallest absolute Gasteiger partial charge is 0.0532 e. The number of nitrogens with one attached hydrogen (secondary N) is 1. The SMILES string of the molecule is CCCNC1CCCS(=O)c2ccc(Cl)cc21. The van der Waals surface area contributed by atoms with Gasteiger partial charge in [-0.05, 0) is 49.6 Å². The Morgan fingerprint density at radius 2 is 2.35 bits per heavy atom. The molecule has 0 amide bonds. The van der Waals surface area contributed by atoms with Crippen molar-refractivity contribution in [2.24, 2.45) is 0 Å². The van der Waals surface area contributed by atoms with Crippen LogP contribution in [0.3, 0.4) is 0 Å². The maximum Gasteiger partial charge on any atom is 0.0532 e. The second-order valence-electron chi connectivity index (χ2n) is 4.38. The fourth-order valence-corrected chi connectivity index (χ4v) is 3.73. The van der Waals surface area contributed by atoms with Crippen LogP contribution in [0.5, 0.6) is 0 Å². The van der Waals surface area contributed by atoms with Gasteiger partial charge in [0.25, 0.3) is 0 Å². The zero-order chi connectivity index (χ0) is 12.3. The summed E-state index contributed by atoms with van der Waals surface area (Å²) in [7, 11) is -0.866. The molecule has 0 saturated carbocycles. The molecule has 2 unspecified atom stereocenters. The van der Waals surface area contributed by atoms with Gasteiger partial charge in [0.2, 0.25) is 0 Å². The van der Waals surface area contributed by atoms with E-state index in [1.165, 1.54) is 0 Å². The molecule has 1 aromatic rings. The monoisotopic (exact) mass is 271 g/mol. The molecule has 1 heterocycles. The average Bonchev–Trinajstić information content (AvgIpc) is 2.46. The van der Waals surface area contributed by atoms with Crippen molar-refractivity contribution in [3.05, 3.63) is 28.8 Å². The average molecular weight is 272 g/mol. The number of benzene rings is 1. The minimum Gasteiger partial charge on any atom is -0.310 e. The number of hydrogen-bond acceptors (Lipinski definition) is 2. The number of hydrogen-bond donors (Lipinski definition) is 1. The van der Waals surface area contributed by atoms with Crippen molar-refractivity contribution >= 4 is 22.4 Å². The molecule has 0 saturated heterocycles. The Hall–Kier alpha value is -0.380. The van der Waals surface area contributed by atoms with Crippen molar-refractivity contribution in [3.8, 4) is 0 Å². The summed E-state index contributed by atoms with van der Waals surface area (Å²) in [5.41, 5.74) is 1.13. The van der Waals surface area contributed by atoms with Crippen LogP contribution in [0.25, 0.3) is 0 Å². The first kappa shape index (κ1) is 13.1. The molecule has 0 bridgehead atoms. The molecule has 94 valence electrons. The first-order valence-corrected chi connectivity index (χ1v) is 7.83. The minimum absolute atomic E-state index is 0.301. The molecular weight excluding hydrogens is 254 g/mol. The van der Waals surface area contributed by atoms with Gasteiger partial charge in [-0.1, -0.05) is 18.5 Å². The Labute approximate surface area is 110 Å². The topological polar surface area (TPSA) is 29.1 Å². The van der Waals surface area contributed by atoms with Crippen molar-refractivity contribution in [2.75, 3.05) is 12.3 Å². The van der Waals surface area contributed by atoms with Gasteiger partial charge in [0.05, 0.1) is 10.8 Å². The lowest BCUT2D eigenvalue weighted by Gasteiger charge is -2.18. The van der Waals surface area contributed by atoms with E-state index in [-0.39, 0.29) is 0 Å². The second kappa shape index (κ2) is 5.98. The van der Waals surface area contributed by atoms with E-state index in [1.807, 2.05) is 18.2 Å². The van der Waals surface area contributed by atoms with E-state index in [2.05, 4.69) is 12.2 Å². The summed E-state index contributed by atoms with van der Waals surface area (Å²) >= 11 is 6.05. The summed E-state index contributed by atoms with van der Waals surface area (Å²) in [5.74, 6) is 0.763. The van der Waals surface area contributed by atoms with Gasteiger partial charge >= 0.3 is 0 Å². The molecule has 2 rings (SSSR count). The van der Waals surface area contributed by atoms with Gasteiger partial charge in [-0.3, -0.25) is 4.21 Å². The second-order valence-corrected chi connectivity index (χ2v) is 6.36. The molecule has 0 aromatic heterocycles. The molecule has 0 fully saturated rings. The summed E-state index contributed by atoms with van der Waals surface area (Å²) in [6.07, 6.45) is 3.15. The van der Waals surface area contributed by atoms with E-state index >= 15 is 0 Å². The highest BCUT2D eigenvalue weighted by atomic mass is 35.5. The summed E-state index contributed by atoms with van der Waals surface area (Å²) in [6.45, 7) is 3.14. The van der Waals surface area contributed by atoms with Gasteiger partial charge in [0.1, 0.15) is 0 Å². The van der Waals surface area contributed by atoms with Crippen molar-refractivity contribution in [1.29, 1.82) is 0 Å². The molecule has 1 aliphatic rings. The number of halogens is 1. The molecule has 1 aromatic carbocycles. The van der Waals surface area contributed by atoms with Crippen LogP contribution in [0.2, 0.25) is 5.02 Å². The van der Waals surface area contributed by atoms with E-state index in [4.69, 9.17) is 11.6 Å². The van der Waals surface area contributed by atoms with Crippen molar-refractivity contribution in [1.82, 2.24) is 5.32 Å². The lowest BCUT2D eigenvalue weighted by Crippen LogP contribution is -2.22. The van der Waals surface area contributed by atoms with Gasteiger partial charge < -0.3 is 5.32 Å². The third kappa shape index (κ3) is 3.09. The van der Waals surface area contributed by atoms with Gasteiger partial charge in [0, 0.05) is 21.7 Å². The van der Waals surface area contributed by atoms with Crippen LogP contribution in [-0.2, 0) is 10.8 Å². The van der Waals surface area contributed by atoms with Crippen LogP contribution in [0.4, 0.5) is 0 Å². The fraction of sp³-hybridized carbons (Fsp3) is 0.538. The van der Waals surface area contributed by atoms with E-state index in [1.54, 1.807) is 0 Å². The molecule has 0 spiro atoms. The predicted octanol–water partition coefficient (Wildman–Crippen LogP) is 3.28. The zero-order valence-corrected chi connectivity index (χ0v) is 11.6. The van der Waals surface area contributed by atoms with Crippen molar-refractivity contribution in [2.45, 2.75) is 37.1 Å². The van der Waals surface area contributed by atoms with E-state index in [0.29, 0.717) is 6.04 Å². The van der Waals surface area contributed by atoms with Crippen LogP contribution in [-0.4, -0.2) is 16.5 Å². The largest absolute Gasteiger partial charge is 0.310 e. The first-order chi connectivity index (χ1) is 8.22. The summed E-state index contributed by atoms with van der Waals surface area (Å²) in [5, 5.41) is 4.25. The molecule has 1 N–H and O–H groups in total. The van der Waals surface area contributed by atoms with E-state index < -0.39 is 10.8 Å². The lowest BCUT2D eigenvalue weighted by atomic mass is 10.0. The first-order valence-electron chi connectivity index (χ1n) is 6.13. The van der Waals surface area contributed by atoms with Gasteiger partial charge in [-0.2, -0.15) is 0 Å². The van der Waals surface area contributed by atoms with Crippen LogP contribution in [0.15, 0.2) is 23.1 Å². The van der Waals surface area contributed by atoms with Gasteiger partial charge in [0.15, 0.2) is 0 Å². The Balaban J connectivity index is 2.34. The molecular formula is C13H18ClNOS. The molecule has 4 heteroatoms. The van der Waals surface area contributed by atoms with E-state index in [9.17, 15) is 4.21 Å². The normalized spacial score (nSPS) is 24.1. The third-order valence-electron chi connectivity index (χ3n) is 3.06. The van der Waals surface area contributed by atoms with Crippen LogP contribution in [0, 0.1) is 0 Å². The summed E-state index contributed by atoms with van der Waals surface area (Å²) < 4.78 is 12.1. The van der Waals surface area contributed by atoms with Crippen LogP contribution >= 0.6 is 11.6 Å². The quantitative estimate of drug-likeness (QED) is 0.914. The predicted molar refractivity (Wildman–Crippen MR) is 73.0 cm³/mol. The molecule has 17 heavy (non-hydrogen) atoms. The Morgan fingerprint density at radius 3 is 3.12 bits per heavy atom. The van der Waals surface area contributed by atoms with E-state index in [0.717, 1.165) is 47.0 Å². The van der Waals surface area contributed by atoms with Crippen molar-refractivity contribution < 1.29 is 4.21 Å². The molecule has 2 atom stereocenters. The third-order valence-corrected chi connectivity index (χ3v) is 4.81. The highest BCUT2D eigenvalue weighted by Gasteiger charge is 2.22. The minimum atomic E-state index is -0.866. The maximum atomic E-state index is 12.1. The maximum absolute atomic E-state index is 12.1. The number of rotatable bonds is 3. The van der Waals surface area contributed by atoms with Crippen LogP contribution in [0.1, 0.15) is 37.8 Å². The lowest BCUT2D eigenvalue weighted by molar-refractivity contribution is 0.493. The molecule has 0 radical (unpaired) electrons. The number of fused-ring (bicyclic) bond motifs is 1. The molecule has 1 aliphatic heterocycles. The summed E-state index contributed by atoms with van der Waals surface area (Å²) in [6, 6.07) is 6.02. The standard InChI is InChI=1S/C13H18ClNOS/c1-2-7-15-12-4-3-8-17(16)13-6-5-10(14)9-11(12)13/h5-6,9,12,15H,2-4,7-8H2,1H3. The Morgan fingerprint density at radius 1 is 1.53 bits per heavy atom. The Kier molecular flexibility index (Phi) is 4.60. The van der Waals surface area contributed by atoms with Gasteiger partial charge in [-0.25, -0.2) is 0 Å². The summed E-state index contributed by atoms with van der Waals surface area (Å²) in [4.78, 5) is 0.959. The zero-order valence-electron chi connectivity index (χ0n) is 10.0. The highest BCUT2D eigenvalue weighted by Crippen LogP contribution is 2.31. The van der Waals surface area contributed by atoms with Crippen molar-refractivity contribution in [3.63, 3.8) is 0 Å². The van der Waals surface area contributed by atoms with Crippen LogP contribution < -0.4 is 5.32 Å². The fourth-order valence-electron chi connectivity index (χ4n) is 2.21. The Bertz CT molecular complexity index is 422. The van der Waals surface area contributed by atoms with Gasteiger partial charge in [-0.15, -0.1) is 0 Å².